The Hall–Kier alpha value is -5.08. The minimum atomic E-state index is -0.526. The van der Waals surface area contributed by atoms with Crippen LogP contribution >= 0.6 is 0 Å². The van der Waals surface area contributed by atoms with Crippen molar-refractivity contribution < 1.29 is 9.63 Å². The molecule has 11 nitrogen and oxygen atoms in total. The molecule has 0 aliphatic heterocycles. The van der Waals surface area contributed by atoms with Crippen LogP contribution in [0.1, 0.15) is 30.2 Å². The van der Waals surface area contributed by atoms with Crippen LogP contribution in [0.2, 0.25) is 0 Å². The molecule has 0 saturated heterocycles. The monoisotopic (exact) mass is 494 g/mol. The number of nitrogens with two attached hydrogens (primary N) is 1. The van der Waals surface area contributed by atoms with Crippen molar-refractivity contribution in [2.75, 3.05) is 17.7 Å². The second kappa shape index (κ2) is 9.88. The van der Waals surface area contributed by atoms with E-state index in [0.29, 0.717) is 45.2 Å². The maximum atomic E-state index is 13.9. The average Bonchev–Trinajstić information content (AvgIpc) is 3.33. The van der Waals surface area contributed by atoms with Gasteiger partial charge in [-0.3, -0.25) is 9.36 Å². The number of nitrogens with zero attached hydrogens (tertiary/aromatic N) is 6. The van der Waals surface area contributed by atoms with Crippen molar-refractivity contribution >= 4 is 22.5 Å². The molecule has 5 rings (SSSR count). The first-order valence-electron chi connectivity index (χ1n) is 11.4. The predicted molar refractivity (Wildman–Crippen MR) is 138 cm³/mol. The number of hydrogen-bond acceptors (Lipinski definition) is 10. The fraction of sp³-hybridized carbons (Fsp3) is 0.154. The lowest BCUT2D eigenvalue weighted by atomic mass is 10.1. The summed E-state index contributed by atoms with van der Waals surface area (Å²) in [5, 5.41) is 16.6. The predicted octanol–water partition coefficient (Wildman–Crippen LogP) is 2.63. The topological polar surface area (TPSA) is 158 Å². The summed E-state index contributed by atoms with van der Waals surface area (Å²) in [5.41, 5.74) is 7.78. The lowest BCUT2D eigenvalue weighted by Gasteiger charge is -2.21. The summed E-state index contributed by atoms with van der Waals surface area (Å²) in [4.78, 5) is 31.4. The van der Waals surface area contributed by atoms with E-state index in [1.807, 2.05) is 37.3 Å². The molecule has 1 unspecified atom stereocenters. The Bertz CT molecular complexity index is 1720. The second-order valence-corrected chi connectivity index (χ2v) is 8.10. The van der Waals surface area contributed by atoms with Crippen molar-refractivity contribution in [3.8, 4) is 29.0 Å². The highest BCUT2D eigenvalue weighted by Gasteiger charge is 2.23. The zero-order valence-electron chi connectivity index (χ0n) is 20.0. The molecular formula is C26H22N8O3. The number of nitrogen functional groups attached to an aromatic ring is 1. The lowest BCUT2D eigenvalue weighted by Crippen LogP contribution is -2.28. The molecule has 3 aromatic heterocycles. The maximum Gasteiger partial charge on any atom is 0.267 e. The number of benzene rings is 2. The summed E-state index contributed by atoms with van der Waals surface area (Å²) in [5.74, 6) is 7.01. The molecule has 0 spiro atoms. The van der Waals surface area contributed by atoms with Crippen LogP contribution < -0.4 is 16.6 Å². The molecule has 5 aromatic rings. The van der Waals surface area contributed by atoms with Gasteiger partial charge in [-0.1, -0.05) is 41.3 Å². The average molecular weight is 495 g/mol. The lowest BCUT2D eigenvalue weighted by molar-refractivity contribution is 0.350. The molecule has 11 heteroatoms. The molecule has 0 fully saturated rings. The molecule has 1 atom stereocenters. The van der Waals surface area contributed by atoms with Crippen LogP contribution in [0.25, 0.3) is 28.0 Å². The molecule has 2 aromatic carbocycles. The van der Waals surface area contributed by atoms with Crippen molar-refractivity contribution in [1.29, 1.82) is 0 Å². The highest BCUT2D eigenvalue weighted by molar-refractivity contribution is 5.85. The summed E-state index contributed by atoms with van der Waals surface area (Å²) in [6, 6.07) is 13.9. The van der Waals surface area contributed by atoms with Gasteiger partial charge < -0.3 is 20.7 Å². The Labute approximate surface area is 211 Å². The van der Waals surface area contributed by atoms with Crippen molar-refractivity contribution in [1.82, 2.24) is 29.7 Å². The van der Waals surface area contributed by atoms with Crippen molar-refractivity contribution in [3.63, 3.8) is 0 Å². The number of aromatic nitrogens is 6. The van der Waals surface area contributed by atoms with Crippen LogP contribution in [0.15, 0.2) is 64.2 Å². The van der Waals surface area contributed by atoms with E-state index in [1.165, 1.54) is 10.9 Å². The third kappa shape index (κ3) is 4.49. The van der Waals surface area contributed by atoms with E-state index in [4.69, 9.17) is 20.3 Å². The zero-order valence-corrected chi connectivity index (χ0v) is 20.0. The van der Waals surface area contributed by atoms with Gasteiger partial charge in [-0.25, -0.2) is 15.0 Å². The first kappa shape index (κ1) is 23.7. The largest absolute Gasteiger partial charge is 0.384 e. The molecule has 0 saturated carbocycles. The number of aliphatic hydroxyl groups is 1. The Morgan fingerprint density at radius 1 is 1.14 bits per heavy atom. The van der Waals surface area contributed by atoms with E-state index in [1.54, 1.807) is 25.1 Å². The highest BCUT2D eigenvalue weighted by atomic mass is 16.5. The molecule has 0 bridgehead atoms. The van der Waals surface area contributed by atoms with E-state index in [0.717, 1.165) is 0 Å². The summed E-state index contributed by atoms with van der Waals surface area (Å²) in [6.07, 6.45) is 1.32. The summed E-state index contributed by atoms with van der Waals surface area (Å²) in [6.45, 7) is 3.22. The van der Waals surface area contributed by atoms with E-state index >= 15 is 0 Å². The number of rotatable bonds is 5. The highest BCUT2D eigenvalue weighted by Crippen LogP contribution is 2.31. The maximum absolute atomic E-state index is 13.9. The number of nitrogens with one attached hydrogen (secondary N) is 1. The summed E-state index contributed by atoms with van der Waals surface area (Å²) >= 11 is 0. The van der Waals surface area contributed by atoms with Crippen LogP contribution in [-0.2, 0) is 0 Å². The van der Waals surface area contributed by atoms with Gasteiger partial charge in [-0.15, -0.1) is 0 Å². The Balaban J connectivity index is 1.69. The SMILES string of the molecule is Cc1noc(-c2c(N)ncnc2NC(C)c2nc3cccc(C#CCO)c3c(=O)n2-c2ccccc2)n1. The Kier molecular flexibility index (Phi) is 6.32. The molecule has 0 aliphatic rings. The molecule has 0 radical (unpaired) electrons. The van der Waals surface area contributed by atoms with Gasteiger partial charge in [0.1, 0.15) is 36.0 Å². The minimum absolute atomic E-state index is 0.160. The van der Waals surface area contributed by atoms with Gasteiger partial charge in [0.05, 0.1) is 22.6 Å². The Morgan fingerprint density at radius 2 is 1.95 bits per heavy atom. The molecule has 0 aliphatic carbocycles. The van der Waals surface area contributed by atoms with Gasteiger partial charge >= 0.3 is 0 Å². The molecule has 0 amide bonds. The minimum Gasteiger partial charge on any atom is -0.384 e. The fourth-order valence-electron chi connectivity index (χ4n) is 3.99. The third-order valence-corrected chi connectivity index (χ3v) is 5.60. The first-order valence-corrected chi connectivity index (χ1v) is 11.4. The van der Waals surface area contributed by atoms with Gasteiger partial charge in [0.25, 0.3) is 11.4 Å². The molecular weight excluding hydrogens is 472 g/mol. The molecule has 184 valence electrons. The van der Waals surface area contributed by atoms with Crippen LogP contribution in [0.4, 0.5) is 11.6 Å². The van der Waals surface area contributed by atoms with E-state index in [-0.39, 0.29) is 23.9 Å². The molecule has 4 N–H and O–H groups in total. The van der Waals surface area contributed by atoms with E-state index in [2.05, 4.69) is 37.3 Å². The van der Waals surface area contributed by atoms with Crippen LogP contribution in [0.3, 0.4) is 0 Å². The van der Waals surface area contributed by atoms with Crippen LogP contribution in [0, 0.1) is 18.8 Å². The summed E-state index contributed by atoms with van der Waals surface area (Å²) < 4.78 is 6.84. The standard InChI is InChI=1S/C26H22N8O3/c1-15(30-23-21(22(27)28-14-29-23)25-31-16(2)33-37-25)24-32-19-12-6-8-17(9-7-13-35)20(19)26(36)34(24)18-10-4-3-5-11-18/h3-6,8,10-12,14-15,35H,13H2,1-2H3,(H3,27,28,29,30). The number of hydrogen-bond donors (Lipinski definition) is 3. The fourth-order valence-corrected chi connectivity index (χ4v) is 3.99. The van der Waals surface area contributed by atoms with Gasteiger partial charge in [0.15, 0.2) is 5.82 Å². The van der Waals surface area contributed by atoms with Gasteiger partial charge in [-0.05, 0) is 38.1 Å². The van der Waals surface area contributed by atoms with E-state index in [9.17, 15) is 4.79 Å². The number of aliphatic hydroxyl groups excluding tert-OH is 1. The number of para-hydroxylation sites is 1. The Morgan fingerprint density at radius 3 is 2.68 bits per heavy atom. The van der Waals surface area contributed by atoms with Gasteiger partial charge in [0.2, 0.25) is 0 Å². The second-order valence-electron chi connectivity index (χ2n) is 8.10. The van der Waals surface area contributed by atoms with Crippen LogP contribution in [-0.4, -0.2) is 41.4 Å². The van der Waals surface area contributed by atoms with Gasteiger partial charge in [-0.2, -0.15) is 4.98 Å². The first-order chi connectivity index (χ1) is 18.0. The quantitative estimate of drug-likeness (QED) is 0.310. The number of fused-ring (bicyclic) bond motifs is 1. The van der Waals surface area contributed by atoms with Crippen molar-refractivity contribution in [2.24, 2.45) is 0 Å². The van der Waals surface area contributed by atoms with Gasteiger partial charge in [0, 0.05) is 5.56 Å². The van der Waals surface area contributed by atoms with Crippen LogP contribution in [0.5, 0.6) is 0 Å². The number of aryl methyl sites for hydroxylation is 1. The van der Waals surface area contributed by atoms with Crippen molar-refractivity contribution in [2.45, 2.75) is 19.9 Å². The van der Waals surface area contributed by atoms with E-state index < -0.39 is 6.04 Å². The molecule has 3 heterocycles. The smallest absolute Gasteiger partial charge is 0.267 e. The normalized spacial score (nSPS) is 11.6. The summed E-state index contributed by atoms with van der Waals surface area (Å²) in [7, 11) is 0. The number of anilines is 2. The third-order valence-electron chi connectivity index (χ3n) is 5.60. The van der Waals surface area contributed by atoms with Crippen molar-refractivity contribution in [3.05, 3.63) is 82.4 Å². The zero-order chi connectivity index (χ0) is 25.9. The molecule has 37 heavy (non-hydrogen) atoms.